The van der Waals surface area contributed by atoms with Gasteiger partial charge in [-0.25, -0.2) is 0 Å². The molecule has 1 heterocycles. The van der Waals surface area contributed by atoms with Crippen LogP contribution in [0.5, 0.6) is 0 Å². The Morgan fingerprint density at radius 3 is 2.47 bits per heavy atom. The molecule has 2 aromatic rings. The van der Waals surface area contributed by atoms with Gasteiger partial charge in [0.2, 0.25) is 5.91 Å². The normalized spacial score (nSPS) is 17.0. The molecule has 0 saturated carbocycles. The van der Waals surface area contributed by atoms with E-state index < -0.39 is 23.9 Å². The number of para-hydroxylation sites is 2. The Morgan fingerprint density at radius 2 is 1.80 bits per heavy atom. The van der Waals surface area contributed by atoms with Crippen LogP contribution in [0.3, 0.4) is 0 Å². The first-order valence-corrected chi connectivity index (χ1v) is 10.3. The molecule has 1 fully saturated rings. The number of nitrogens with one attached hydrogen (secondary N) is 1. The van der Waals surface area contributed by atoms with E-state index in [0.717, 1.165) is 34.5 Å². The fourth-order valence-corrected chi connectivity index (χ4v) is 3.73. The lowest BCUT2D eigenvalue weighted by Gasteiger charge is -2.20. The Kier molecular flexibility index (Phi) is 6.55. The monoisotopic (exact) mass is 408 g/mol. The third kappa shape index (κ3) is 4.53. The van der Waals surface area contributed by atoms with E-state index in [9.17, 15) is 14.4 Å². The molecule has 2 atom stereocenters. The van der Waals surface area contributed by atoms with E-state index in [4.69, 9.17) is 4.74 Å². The lowest BCUT2D eigenvalue weighted by molar-refractivity contribution is -0.157. The predicted octanol–water partition coefficient (Wildman–Crippen LogP) is 3.79. The van der Waals surface area contributed by atoms with Crippen LogP contribution in [0, 0.1) is 19.8 Å². The molecule has 0 radical (unpaired) electrons. The highest BCUT2D eigenvalue weighted by Crippen LogP contribution is 2.29. The summed E-state index contributed by atoms with van der Waals surface area (Å²) in [6.07, 6.45) is -0.0734. The summed E-state index contributed by atoms with van der Waals surface area (Å²) in [5.41, 5.74) is 4.49. The summed E-state index contributed by atoms with van der Waals surface area (Å²) in [7, 11) is 0. The number of nitrogens with zero attached hydrogens (tertiary/aromatic N) is 1. The van der Waals surface area contributed by atoms with E-state index in [-0.39, 0.29) is 18.9 Å². The van der Waals surface area contributed by atoms with Gasteiger partial charge in [0, 0.05) is 24.3 Å². The van der Waals surface area contributed by atoms with Gasteiger partial charge in [-0.2, -0.15) is 0 Å². The molecule has 1 aliphatic heterocycles. The highest BCUT2D eigenvalue weighted by molar-refractivity contribution is 6.01. The zero-order valence-corrected chi connectivity index (χ0v) is 17.9. The molecule has 0 spiro atoms. The Balaban J connectivity index is 1.63. The zero-order valence-electron chi connectivity index (χ0n) is 17.9. The number of carbonyl (C=O) groups excluding carboxylic acids is 3. The largest absolute Gasteiger partial charge is 0.452 e. The van der Waals surface area contributed by atoms with Crippen molar-refractivity contribution in [2.45, 2.75) is 46.6 Å². The topological polar surface area (TPSA) is 75.7 Å². The van der Waals surface area contributed by atoms with Crippen LogP contribution in [0.25, 0.3) is 0 Å². The second kappa shape index (κ2) is 9.11. The molecule has 3 rings (SSSR count). The minimum absolute atomic E-state index is 0.0854. The SMILES string of the molecule is CCc1ccccc1N1C[C@H](C(=O)O[C@H](C)C(=O)Nc2c(C)cccc2C)CC1=O. The first-order chi connectivity index (χ1) is 14.3. The summed E-state index contributed by atoms with van der Waals surface area (Å²) in [5.74, 6) is -1.61. The van der Waals surface area contributed by atoms with Crippen molar-refractivity contribution >= 4 is 29.2 Å². The smallest absolute Gasteiger partial charge is 0.312 e. The minimum atomic E-state index is -0.955. The highest BCUT2D eigenvalue weighted by atomic mass is 16.5. The molecule has 1 saturated heterocycles. The minimum Gasteiger partial charge on any atom is -0.452 e. The predicted molar refractivity (Wildman–Crippen MR) is 116 cm³/mol. The van der Waals surface area contributed by atoms with E-state index in [2.05, 4.69) is 5.32 Å². The number of carbonyl (C=O) groups is 3. The van der Waals surface area contributed by atoms with Crippen molar-refractivity contribution in [3.05, 3.63) is 59.2 Å². The number of esters is 1. The van der Waals surface area contributed by atoms with Gasteiger partial charge in [-0.15, -0.1) is 0 Å². The van der Waals surface area contributed by atoms with Crippen molar-refractivity contribution in [3.63, 3.8) is 0 Å². The summed E-state index contributed by atoms with van der Waals surface area (Å²) in [4.78, 5) is 39.4. The number of hydrogen-bond acceptors (Lipinski definition) is 4. The Hall–Kier alpha value is -3.15. The lowest BCUT2D eigenvalue weighted by Crippen LogP contribution is -2.33. The molecule has 1 N–H and O–H groups in total. The van der Waals surface area contributed by atoms with Crippen LogP contribution in [0.2, 0.25) is 0 Å². The van der Waals surface area contributed by atoms with Gasteiger partial charge in [0.15, 0.2) is 6.10 Å². The molecule has 6 nitrogen and oxygen atoms in total. The van der Waals surface area contributed by atoms with Gasteiger partial charge in [0.25, 0.3) is 5.91 Å². The van der Waals surface area contributed by atoms with E-state index in [1.54, 1.807) is 11.8 Å². The van der Waals surface area contributed by atoms with Gasteiger partial charge in [-0.05, 0) is 49.9 Å². The molecule has 2 amide bonds. The van der Waals surface area contributed by atoms with Crippen LogP contribution >= 0.6 is 0 Å². The maximum Gasteiger partial charge on any atom is 0.312 e. The fraction of sp³-hybridized carbons (Fsp3) is 0.375. The third-order valence-electron chi connectivity index (χ3n) is 5.51. The first-order valence-electron chi connectivity index (χ1n) is 10.3. The summed E-state index contributed by atoms with van der Waals surface area (Å²) in [6.45, 7) is 7.65. The van der Waals surface area contributed by atoms with E-state index in [1.807, 2.05) is 63.2 Å². The summed E-state index contributed by atoms with van der Waals surface area (Å²) >= 11 is 0. The van der Waals surface area contributed by atoms with Crippen LogP contribution in [0.4, 0.5) is 11.4 Å². The third-order valence-corrected chi connectivity index (χ3v) is 5.51. The molecule has 0 unspecified atom stereocenters. The molecule has 158 valence electrons. The van der Waals surface area contributed by atoms with Gasteiger partial charge in [-0.1, -0.05) is 43.3 Å². The number of benzene rings is 2. The molecular weight excluding hydrogens is 380 g/mol. The van der Waals surface area contributed by atoms with E-state index in [0.29, 0.717) is 0 Å². The maximum absolute atomic E-state index is 12.6. The summed E-state index contributed by atoms with van der Waals surface area (Å²) in [5, 5.41) is 2.84. The number of ether oxygens (including phenoxy) is 1. The standard InChI is InChI=1S/C24H28N2O4/c1-5-18-11-6-7-12-20(18)26-14-19(13-21(26)27)24(29)30-17(4)23(28)25-22-15(2)9-8-10-16(22)3/h6-12,17,19H,5,13-14H2,1-4H3,(H,25,28)/t17-,19-/m1/s1. The quantitative estimate of drug-likeness (QED) is 0.738. The van der Waals surface area contributed by atoms with Crippen molar-refractivity contribution in [2.24, 2.45) is 5.92 Å². The molecule has 0 aliphatic carbocycles. The molecule has 0 bridgehead atoms. The molecule has 2 aromatic carbocycles. The fourth-order valence-electron chi connectivity index (χ4n) is 3.73. The van der Waals surface area contributed by atoms with Crippen molar-refractivity contribution in [3.8, 4) is 0 Å². The summed E-state index contributed by atoms with van der Waals surface area (Å²) < 4.78 is 5.41. The van der Waals surface area contributed by atoms with Crippen LogP contribution in [0.1, 0.15) is 37.0 Å². The van der Waals surface area contributed by atoms with Gasteiger partial charge in [0.05, 0.1) is 5.92 Å². The number of hydrogen-bond donors (Lipinski definition) is 1. The van der Waals surface area contributed by atoms with Crippen LogP contribution in [-0.4, -0.2) is 30.4 Å². The van der Waals surface area contributed by atoms with Crippen molar-refractivity contribution < 1.29 is 19.1 Å². The zero-order chi connectivity index (χ0) is 21.8. The second-order valence-corrected chi connectivity index (χ2v) is 7.72. The average molecular weight is 408 g/mol. The molecule has 1 aliphatic rings. The average Bonchev–Trinajstić information content (AvgIpc) is 3.12. The maximum atomic E-state index is 12.6. The first kappa shape index (κ1) is 21.6. The van der Waals surface area contributed by atoms with Crippen LogP contribution in [0.15, 0.2) is 42.5 Å². The Morgan fingerprint density at radius 1 is 1.13 bits per heavy atom. The van der Waals surface area contributed by atoms with Crippen LogP contribution < -0.4 is 10.2 Å². The molecule has 6 heteroatoms. The Bertz CT molecular complexity index is 949. The van der Waals surface area contributed by atoms with Crippen molar-refractivity contribution in [1.29, 1.82) is 0 Å². The van der Waals surface area contributed by atoms with E-state index in [1.165, 1.54) is 0 Å². The van der Waals surface area contributed by atoms with Gasteiger partial charge in [0.1, 0.15) is 0 Å². The highest BCUT2D eigenvalue weighted by Gasteiger charge is 2.37. The van der Waals surface area contributed by atoms with E-state index >= 15 is 0 Å². The number of amides is 2. The van der Waals surface area contributed by atoms with Gasteiger partial charge in [-0.3, -0.25) is 14.4 Å². The van der Waals surface area contributed by atoms with Gasteiger partial charge >= 0.3 is 5.97 Å². The second-order valence-electron chi connectivity index (χ2n) is 7.72. The number of anilines is 2. The summed E-state index contributed by atoms with van der Waals surface area (Å²) in [6, 6.07) is 13.4. The van der Waals surface area contributed by atoms with Gasteiger partial charge < -0.3 is 15.0 Å². The van der Waals surface area contributed by atoms with Crippen molar-refractivity contribution in [1.82, 2.24) is 0 Å². The van der Waals surface area contributed by atoms with Crippen LogP contribution in [-0.2, 0) is 25.5 Å². The Labute approximate surface area is 177 Å². The molecular formula is C24H28N2O4. The van der Waals surface area contributed by atoms with Crippen molar-refractivity contribution in [2.75, 3.05) is 16.8 Å². The molecule has 30 heavy (non-hydrogen) atoms. The number of aryl methyl sites for hydroxylation is 3. The lowest BCUT2D eigenvalue weighted by atomic mass is 10.1. The number of rotatable bonds is 6. The molecule has 0 aromatic heterocycles.